The van der Waals surface area contributed by atoms with Crippen LogP contribution in [-0.4, -0.2) is 31.5 Å². The first-order valence-corrected chi connectivity index (χ1v) is 6.21. The van der Waals surface area contributed by atoms with E-state index in [4.69, 9.17) is 14.6 Å². The Bertz CT molecular complexity index is 448. The molecule has 0 radical (unpaired) electrons. The van der Waals surface area contributed by atoms with Gasteiger partial charge in [0.05, 0.1) is 12.7 Å². The van der Waals surface area contributed by atoms with Crippen molar-refractivity contribution >= 4 is 0 Å². The highest BCUT2D eigenvalue weighted by atomic mass is 19.1. The summed E-state index contributed by atoms with van der Waals surface area (Å²) in [5.41, 5.74) is 0.544. The van der Waals surface area contributed by atoms with Gasteiger partial charge in [-0.05, 0) is 19.1 Å². The minimum Gasteiger partial charge on any atom is -0.490 e. The van der Waals surface area contributed by atoms with E-state index in [1.807, 2.05) is 6.92 Å². The second-order valence-corrected chi connectivity index (χ2v) is 4.16. The van der Waals surface area contributed by atoms with Crippen molar-refractivity contribution in [3.63, 3.8) is 0 Å². The van der Waals surface area contributed by atoms with E-state index >= 15 is 0 Å². The first kappa shape index (κ1) is 15.5. The van der Waals surface area contributed by atoms with Crippen LogP contribution in [0.4, 0.5) is 4.39 Å². The van der Waals surface area contributed by atoms with E-state index in [1.54, 1.807) is 13.2 Å². The SMILES string of the molecule is COCCC(C)Oc1cc(F)cc(C#CCCO)c1. The number of rotatable bonds is 6. The number of halogens is 1. The van der Waals surface area contributed by atoms with E-state index in [2.05, 4.69) is 11.8 Å². The van der Waals surface area contributed by atoms with E-state index < -0.39 is 0 Å². The Hall–Kier alpha value is -1.57. The van der Waals surface area contributed by atoms with Gasteiger partial charge in [-0.25, -0.2) is 4.39 Å². The van der Waals surface area contributed by atoms with E-state index in [1.165, 1.54) is 12.1 Å². The van der Waals surface area contributed by atoms with Crippen molar-refractivity contribution in [3.05, 3.63) is 29.6 Å². The molecular weight excluding hydrogens is 247 g/mol. The molecule has 0 saturated carbocycles. The average Bonchev–Trinajstić information content (AvgIpc) is 2.36. The number of ether oxygens (including phenoxy) is 2. The molecular formula is C15H19FO3. The fraction of sp³-hybridized carbons (Fsp3) is 0.467. The summed E-state index contributed by atoms with van der Waals surface area (Å²) in [6.07, 6.45) is 1.05. The summed E-state index contributed by atoms with van der Waals surface area (Å²) < 4.78 is 24.0. The van der Waals surface area contributed by atoms with Crippen LogP contribution in [0.2, 0.25) is 0 Å². The zero-order chi connectivity index (χ0) is 14.1. The fourth-order valence-electron chi connectivity index (χ4n) is 1.50. The molecule has 3 nitrogen and oxygen atoms in total. The lowest BCUT2D eigenvalue weighted by molar-refractivity contribution is 0.135. The number of benzene rings is 1. The number of hydrogen-bond donors (Lipinski definition) is 1. The number of hydrogen-bond acceptors (Lipinski definition) is 3. The lowest BCUT2D eigenvalue weighted by Gasteiger charge is -2.14. The van der Waals surface area contributed by atoms with Crippen LogP contribution in [0.3, 0.4) is 0 Å². The number of aliphatic hydroxyl groups excluding tert-OH is 1. The van der Waals surface area contributed by atoms with Crippen molar-refractivity contribution < 1.29 is 19.0 Å². The van der Waals surface area contributed by atoms with E-state index in [9.17, 15) is 4.39 Å². The summed E-state index contributed by atoms with van der Waals surface area (Å²) in [6.45, 7) is 2.50. The third-order valence-electron chi connectivity index (χ3n) is 2.41. The van der Waals surface area contributed by atoms with E-state index in [-0.39, 0.29) is 18.5 Å². The van der Waals surface area contributed by atoms with Crippen LogP contribution >= 0.6 is 0 Å². The van der Waals surface area contributed by atoms with Crippen molar-refractivity contribution in [3.8, 4) is 17.6 Å². The zero-order valence-electron chi connectivity index (χ0n) is 11.3. The van der Waals surface area contributed by atoms with Gasteiger partial charge in [0.1, 0.15) is 11.6 Å². The monoisotopic (exact) mass is 266 g/mol. The first-order chi connectivity index (χ1) is 9.15. The van der Waals surface area contributed by atoms with Crippen molar-refractivity contribution in [2.24, 2.45) is 0 Å². The third-order valence-corrected chi connectivity index (χ3v) is 2.41. The molecule has 0 heterocycles. The minimum atomic E-state index is -0.385. The Balaban J connectivity index is 2.71. The third kappa shape index (κ3) is 6.23. The molecule has 1 rings (SSSR count). The van der Waals surface area contributed by atoms with Crippen LogP contribution in [0.15, 0.2) is 18.2 Å². The molecule has 1 aromatic carbocycles. The quantitative estimate of drug-likeness (QED) is 0.803. The predicted molar refractivity (Wildman–Crippen MR) is 71.6 cm³/mol. The van der Waals surface area contributed by atoms with E-state index in [0.29, 0.717) is 24.3 Å². The van der Waals surface area contributed by atoms with Crippen molar-refractivity contribution in [2.75, 3.05) is 20.3 Å². The van der Waals surface area contributed by atoms with Crippen molar-refractivity contribution in [1.29, 1.82) is 0 Å². The molecule has 0 aliphatic heterocycles. The Kier molecular flexibility index (Phi) is 6.94. The Labute approximate surface area is 113 Å². The Morgan fingerprint density at radius 1 is 1.37 bits per heavy atom. The molecule has 0 amide bonds. The van der Waals surface area contributed by atoms with Gasteiger partial charge < -0.3 is 14.6 Å². The second kappa shape index (κ2) is 8.52. The lowest BCUT2D eigenvalue weighted by Crippen LogP contribution is -2.14. The Morgan fingerprint density at radius 3 is 2.84 bits per heavy atom. The highest BCUT2D eigenvalue weighted by Crippen LogP contribution is 2.18. The topological polar surface area (TPSA) is 38.7 Å². The maximum Gasteiger partial charge on any atom is 0.128 e. The molecule has 1 aromatic rings. The zero-order valence-corrected chi connectivity index (χ0v) is 11.3. The maximum absolute atomic E-state index is 13.4. The van der Waals surface area contributed by atoms with Gasteiger partial charge in [0.15, 0.2) is 0 Å². The smallest absolute Gasteiger partial charge is 0.128 e. The highest BCUT2D eigenvalue weighted by molar-refractivity contribution is 5.40. The second-order valence-electron chi connectivity index (χ2n) is 4.16. The van der Waals surface area contributed by atoms with Gasteiger partial charge in [-0.2, -0.15) is 0 Å². The molecule has 1 atom stereocenters. The van der Waals surface area contributed by atoms with Gasteiger partial charge in [0, 0.05) is 38.2 Å². The molecule has 4 heteroatoms. The molecule has 0 fully saturated rings. The summed E-state index contributed by atoms with van der Waals surface area (Å²) in [6, 6.07) is 4.37. The van der Waals surface area contributed by atoms with Crippen LogP contribution in [0.25, 0.3) is 0 Å². The number of aliphatic hydroxyl groups is 1. The van der Waals surface area contributed by atoms with E-state index in [0.717, 1.165) is 6.42 Å². The van der Waals surface area contributed by atoms with Crippen LogP contribution < -0.4 is 4.74 Å². The molecule has 0 aromatic heterocycles. The van der Waals surface area contributed by atoms with Crippen LogP contribution in [0, 0.1) is 17.7 Å². The molecule has 0 aliphatic rings. The van der Waals surface area contributed by atoms with Gasteiger partial charge in [-0.15, -0.1) is 0 Å². The normalized spacial score (nSPS) is 11.6. The van der Waals surface area contributed by atoms with Gasteiger partial charge in [-0.1, -0.05) is 11.8 Å². The summed E-state index contributed by atoms with van der Waals surface area (Å²) in [5, 5.41) is 8.64. The van der Waals surface area contributed by atoms with Gasteiger partial charge >= 0.3 is 0 Å². The molecule has 19 heavy (non-hydrogen) atoms. The molecule has 0 spiro atoms. The van der Waals surface area contributed by atoms with Crippen LogP contribution in [0.5, 0.6) is 5.75 Å². The Morgan fingerprint density at radius 2 is 2.16 bits per heavy atom. The molecule has 1 N–H and O–H groups in total. The maximum atomic E-state index is 13.4. The molecule has 0 aliphatic carbocycles. The first-order valence-electron chi connectivity index (χ1n) is 6.21. The summed E-state index contributed by atoms with van der Waals surface area (Å²) in [4.78, 5) is 0. The molecule has 1 unspecified atom stereocenters. The van der Waals surface area contributed by atoms with Gasteiger partial charge in [-0.3, -0.25) is 0 Å². The lowest BCUT2D eigenvalue weighted by atomic mass is 10.2. The summed E-state index contributed by atoms with van der Waals surface area (Å²) in [5.74, 6) is 5.61. The van der Waals surface area contributed by atoms with Gasteiger partial charge in [0.25, 0.3) is 0 Å². The van der Waals surface area contributed by atoms with Crippen molar-refractivity contribution in [2.45, 2.75) is 25.9 Å². The highest BCUT2D eigenvalue weighted by Gasteiger charge is 2.06. The van der Waals surface area contributed by atoms with Crippen LogP contribution in [0.1, 0.15) is 25.3 Å². The standard InChI is InChI=1S/C15H19FO3/c1-12(6-8-18-2)19-15-10-13(5-3-4-7-17)9-14(16)11-15/h9-12,17H,4,6-8H2,1-2H3. The summed E-state index contributed by atoms with van der Waals surface area (Å²) >= 11 is 0. The fourth-order valence-corrected chi connectivity index (χ4v) is 1.50. The summed E-state index contributed by atoms with van der Waals surface area (Å²) in [7, 11) is 1.63. The van der Waals surface area contributed by atoms with Crippen LogP contribution in [-0.2, 0) is 4.74 Å². The molecule has 0 saturated heterocycles. The average molecular weight is 266 g/mol. The molecule has 104 valence electrons. The molecule has 0 bridgehead atoms. The largest absolute Gasteiger partial charge is 0.490 e. The predicted octanol–water partition coefficient (Wildman–Crippen LogP) is 2.36. The number of methoxy groups -OCH3 is 1. The van der Waals surface area contributed by atoms with Gasteiger partial charge in [0.2, 0.25) is 0 Å². The van der Waals surface area contributed by atoms with Crippen molar-refractivity contribution in [1.82, 2.24) is 0 Å². The minimum absolute atomic E-state index is 0.000273.